The summed E-state index contributed by atoms with van der Waals surface area (Å²) in [7, 11) is 0. The van der Waals surface area contributed by atoms with Gasteiger partial charge in [0.2, 0.25) is 5.91 Å². The number of carbonyl (C=O) groups is 2. The molecule has 1 unspecified atom stereocenters. The third-order valence-electron chi connectivity index (χ3n) is 4.28. The van der Waals surface area contributed by atoms with E-state index < -0.39 is 11.9 Å². The van der Waals surface area contributed by atoms with Crippen LogP contribution < -0.4 is 5.32 Å². The van der Waals surface area contributed by atoms with Gasteiger partial charge < -0.3 is 14.6 Å². The van der Waals surface area contributed by atoms with Crippen LogP contribution in [0.2, 0.25) is 0 Å². The predicted octanol–water partition coefficient (Wildman–Crippen LogP) is 4.33. The molecular weight excluding hydrogens is 378 g/mol. The number of thiazole rings is 1. The number of nitrogens with one attached hydrogen (secondary N) is 1. The number of aryl methyl sites for hydroxylation is 2. The van der Waals surface area contributed by atoms with Crippen LogP contribution in [0.3, 0.4) is 0 Å². The lowest BCUT2D eigenvalue weighted by molar-refractivity contribution is -0.117. The molecule has 7 nitrogen and oxygen atoms in total. The van der Waals surface area contributed by atoms with Crippen molar-refractivity contribution < 1.29 is 18.8 Å². The minimum atomic E-state index is -0.471. The summed E-state index contributed by atoms with van der Waals surface area (Å²) in [5.74, 6) is -0.575. The van der Waals surface area contributed by atoms with Crippen LogP contribution in [0.4, 0.5) is 5.13 Å². The van der Waals surface area contributed by atoms with Gasteiger partial charge in [0, 0.05) is 11.1 Å². The topological polar surface area (TPSA) is 94.3 Å². The molecule has 1 N–H and O–H groups in total. The van der Waals surface area contributed by atoms with Gasteiger partial charge in [0.05, 0.1) is 23.9 Å². The highest BCUT2D eigenvalue weighted by Crippen LogP contribution is 2.33. The maximum atomic E-state index is 12.7. The van der Waals surface area contributed by atoms with Crippen LogP contribution in [-0.2, 0) is 9.53 Å². The number of carbonyl (C=O) groups excluding carboxylic acids is 2. The molecule has 0 spiro atoms. The van der Waals surface area contributed by atoms with Crippen molar-refractivity contribution in [1.29, 1.82) is 0 Å². The summed E-state index contributed by atoms with van der Waals surface area (Å²) in [6.07, 6.45) is 0. The smallest absolute Gasteiger partial charge is 0.350 e. The molecular formula is C20H21N3O4S. The molecule has 1 amide bonds. The molecule has 1 atom stereocenters. The Morgan fingerprint density at radius 3 is 2.57 bits per heavy atom. The maximum Gasteiger partial charge on any atom is 0.350 e. The quantitative estimate of drug-likeness (QED) is 0.620. The van der Waals surface area contributed by atoms with E-state index in [9.17, 15) is 9.59 Å². The zero-order valence-corrected chi connectivity index (χ0v) is 16.9. The normalized spacial score (nSPS) is 11.9. The van der Waals surface area contributed by atoms with Crippen LogP contribution in [0, 0.1) is 13.8 Å². The Bertz CT molecular complexity index is 975. The van der Waals surface area contributed by atoms with Gasteiger partial charge in [-0.2, -0.15) is 0 Å². The van der Waals surface area contributed by atoms with Crippen molar-refractivity contribution in [2.75, 3.05) is 11.9 Å². The standard InChI is InChI=1S/C20H21N3O4S/c1-5-26-19(25)17-16(14-9-7-6-8-10-14)21-20(28-17)22-18(24)11(2)15-12(3)23-27-13(15)4/h6-11H,5H2,1-4H3,(H,21,22,24). The fourth-order valence-electron chi connectivity index (χ4n) is 2.95. The molecule has 3 aromatic rings. The second kappa shape index (κ2) is 8.35. The third-order valence-corrected chi connectivity index (χ3v) is 5.23. The number of hydrogen-bond donors (Lipinski definition) is 1. The number of amides is 1. The number of nitrogens with zero attached hydrogens (tertiary/aromatic N) is 2. The number of hydrogen-bond acceptors (Lipinski definition) is 7. The fraction of sp³-hybridized carbons (Fsp3) is 0.300. The van der Waals surface area contributed by atoms with Crippen molar-refractivity contribution in [2.45, 2.75) is 33.6 Å². The molecule has 28 heavy (non-hydrogen) atoms. The summed E-state index contributed by atoms with van der Waals surface area (Å²) < 4.78 is 10.3. The van der Waals surface area contributed by atoms with E-state index in [2.05, 4.69) is 15.5 Å². The zero-order valence-electron chi connectivity index (χ0n) is 16.1. The third kappa shape index (κ3) is 3.96. The molecule has 0 aliphatic carbocycles. The molecule has 0 radical (unpaired) electrons. The SMILES string of the molecule is CCOC(=O)c1sc(NC(=O)C(C)c2c(C)noc2C)nc1-c1ccccc1. The predicted molar refractivity (Wildman–Crippen MR) is 107 cm³/mol. The number of anilines is 1. The van der Waals surface area contributed by atoms with Gasteiger partial charge >= 0.3 is 5.97 Å². The fourth-order valence-corrected chi connectivity index (χ4v) is 3.84. The van der Waals surface area contributed by atoms with Gasteiger partial charge in [-0.15, -0.1) is 0 Å². The van der Waals surface area contributed by atoms with Gasteiger partial charge in [0.25, 0.3) is 0 Å². The molecule has 2 aromatic heterocycles. The lowest BCUT2D eigenvalue weighted by Gasteiger charge is -2.10. The minimum absolute atomic E-state index is 0.252. The summed E-state index contributed by atoms with van der Waals surface area (Å²) in [6.45, 7) is 7.35. The van der Waals surface area contributed by atoms with Crippen LogP contribution in [0.15, 0.2) is 34.9 Å². The summed E-state index contributed by atoms with van der Waals surface area (Å²) >= 11 is 1.10. The summed E-state index contributed by atoms with van der Waals surface area (Å²) in [5.41, 5.74) is 2.70. The first-order valence-corrected chi connectivity index (χ1v) is 9.71. The molecule has 0 bridgehead atoms. The van der Waals surface area contributed by atoms with Gasteiger partial charge in [0.1, 0.15) is 10.6 Å². The Hall–Kier alpha value is -3.00. The van der Waals surface area contributed by atoms with Crippen LogP contribution in [0.25, 0.3) is 11.3 Å². The monoisotopic (exact) mass is 399 g/mol. The molecule has 1 aromatic carbocycles. The van der Waals surface area contributed by atoms with E-state index in [0.717, 1.165) is 22.5 Å². The van der Waals surface area contributed by atoms with Gasteiger partial charge in [-0.25, -0.2) is 9.78 Å². The van der Waals surface area contributed by atoms with E-state index in [1.165, 1.54) is 0 Å². The summed E-state index contributed by atoms with van der Waals surface area (Å²) in [6, 6.07) is 9.32. The largest absolute Gasteiger partial charge is 0.462 e. The average Bonchev–Trinajstić information content (AvgIpc) is 3.25. The van der Waals surface area contributed by atoms with Crippen LogP contribution in [0.5, 0.6) is 0 Å². The Balaban J connectivity index is 1.90. The molecule has 0 fully saturated rings. The molecule has 0 saturated carbocycles. The maximum absolute atomic E-state index is 12.7. The first-order valence-electron chi connectivity index (χ1n) is 8.89. The van der Waals surface area contributed by atoms with Gasteiger partial charge in [-0.3, -0.25) is 4.79 Å². The van der Waals surface area contributed by atoms with Crippen molar-refractivity contribution in [1.82, 2.24) is 10.1 Å². The molecule has 0 aliphatic heterocycles. The Kier molecular flexibility index (Phi) is 5.89. The van der Waals surface area contributed by atoms with Crippen molar-refractivity contribution >= 4 is 28.3 Å². The van der Waals surface area contributed by atoms with Crippen molar-refractivity contribution in [2.24, 2.45) is 0 Å². The van der Waals surface area contributed by atoms with E-state index in [0.29, 0.717) is 27.2 Å². The van der Waals surface area contributed by atoms with Crippen LogP contribution in [0.1, 0.15) is 46.5 Å². The first-order chi connectivity index (χ1) is 13.4. The molecule has 146 valence electrons. The number of rotatable bonds is 6. The lowest BCUT2D eigenvalue weighted by atomic mass is 9.99. The molecule has 2 heterocycles. The number of ether oxygens (including phenoxy) is 1. The molecule has 8 heteroatoms. The average molecular weight is 399 g/mol. The number of aromatic nitrogens is 2. The van der Waals surface area contributed by atoms with E-state index in [4.69, 9.17) is 9.26 Å². The summed E-state index contributed by atoms with van der Waals surface area (Å²) in [4.78, 5) is 29.9. The van der Waals surface area contributed by atoms with E-state index in [1.54, 1.807) is 27.7 Å². The summed E-state index contributed by atoms with van der Waals surface area (Å²) in [5, 5.41) is 7.04. The van der Waals surface area contributed by atoms with E-state index >= 15 is 0 Å². The van der Waals surface area contributed by atoms with E-state index in [-0.39, 0.29) is 12.5 Å². The van der Waals surface area contributed by atoms with Gasteiger partial charge in [-0.1, -0.05) is 46.8 Å². The second-order valence-corrected chi connectivity index (χ2v) is 7.23. The van der Waals surface area contributed by atoms with Crippen molar-refractivity contribution in [3.8, 4) is 11.3 Å². The Morgan fingerprint density at radius 2 is 1.96 bits per heavy atom. The minimum Gasteiger partial charge on any atom is -0.462 e. The Labute approximate surface area is 166 Å². The first kappa shape index (κ1) is 19.8. The van der Waals surface area contributed by atoms with Crippen LogP contribution >= 0.6 is 11.3 Å². The molecule has 0 saturated heterocycles. The van der Waals surface area contributed by atoms with Crippen LogP contribution in [-0.4, -0.2) is 28.6 Å². The van der Waals surface area contributed by atoms with Gasteiger partial charge in [-0.05, 0) is 27.7 Å². The second-order valence-electron chi connectivity index (χ2n) is 6.23. The molecule has 0 aliphatic rings. The van der Waals surface area contributed by atoms with Crippen molar-refractivity contribution in [3.63, 3.8) is 0 Å². The van der Waals surface area contributed by atoms with Gasteiger partial charge in [0.15, 0.2) is 5.13 Å². The van der Waals surface area contributed by atoms with Crippen molar-refractivity contribution in [3.05, 3.63) is 52.2 Å². The number of benzene rings is 1. The highest BCUT2D eigenvalue weighted by atomic mass is 32.1. The van der Waals surface area contributed by atoms with E-state index in [1.807, 2.05) is 30.3 Å². The zero-order chi connectivity index (χ0) is 20.3. The highest BCUT2D eigenvalue weighted by molar-refractivity contribution is 7.18. The molecule has 3 rings (SSSR count). The Morgan fingerprint density at radius 1 is 1.25 bits per heavy atom. The lowest BCUT2D eigenvalue weighted by Crippen LogP contribution is -2.19. The number of esters is 1. The highest BCUT2D eigenvalue weighted by Gasteiger charge is 2.26.